The molecule has 1 heterocycles. The van der Waals surface area contributed by atoms with Crippen LogP contribution in [0.4, 0.5) is 5.69 Å². The molecule has 0 aliphatic carbocycles. The first kappa shape index (κ1) is 16.0. The number of carbonyl (C=O) groups excluding carboxylic acids is 1. The third-order valence-electron chi connectivity index (χ3n) is 3.64. The van der Waals surface area contributed by atoms with Gasteiger partial charge in [-0.25, -0.2) is 13.1 Å². The van der Waals surface area contributed by atoms with Gasteiger partial charge in [-0.15, -0.1) is 0 Å². The highest BCUT2D eigenvalue weighted by Gasteiger charge is 2.33. The van der Waals surface area contributed by atoms with Crippen LogP contribution in [0.1, 0.15) is 6.42 Å². The molecule has 1 saturated heterocycles. The summed E-state index contributed by atoms with van der Waals surface area (Å²) in [6.07, 6.45) is 0.141. The molecule has 0 bridgehead atoms. The predicted octanol–water partition coefficient (Wildman–Crippen LogP) is 2.42. The Bertz CT molecular complexity index is 807. The number of halogens is 1. The molecule has 1 fully saturated rings. The number of anilines is 1. The number of benzene rings is 2. The molecule has 5 nitrogen and oxygen atoms in total. The summed E-state index contributed by atoms with van der Waals surface area (Å²) >= 11 is 5.77. The monoisotopic (exact) mass is 350 g/mol. The summed E-state index contributed by atoms with van der Waals surface area (Å²) in [5.41, 5.74) is 0.769. The van der Waals surface area contributed by atoms with E-state index in [0.29, 0.717) is 11.6 Å². The molecule has 7 heteroatoms. The molecule has 0 unspecified atom stereocenters. The lowest BCUT2D eigenvalue weighted by molar-refractivity contribution is -0.117. The van der Waals surface area contributed by atoms with Crippen LogP contribution in [0.2, 0.25) is 5.02 Å². The standard InChI is InChI=1S/C16H15ClN2O3S/c17-12-6-8-15(9-7-12)23(21,22)18-13-10-16(20)19(11-13)14-4-2-1-3-5-14/h1-9,13,18H,10-11H2/t13-/m1/s1. The average molecular weight is 351 g/mol. The number of amides is 1. The summed E-state index contributed by atoms with van der Waals surface area (Å²) in [7, 11) is -3.68. The molecule has 0 saturated carbocycles. The van der Waals surface area contributed by atoms with Gasteiger partial charge in [-0.2, -0.15) is 0 Å². The van der Waals surface area contributed by atoms with Gasteiger partial charge in [0.25, 0.3) is 0 Å². The van der Waals surface area contributed by atoms with Crippen molar-refractivity contribution < 1.29 is 13.2 Å². The number of hydrogen-bond acceptors (Lipinski definition) is 3. The molecule has 1 aliphatic rings. The Balaban J connectivity index is 1.74. The van der Waals surface area contributed by atoms with Crippen LogP contribution in [0.25, 0.3) is 0 Å². The minimum atomic E-state index is -3.68. The summed E-state index contributed by atoms with van der Waals surface area (Å²) in [4.78, 5) is 13.9. The first-order chi connectivity index (χ1) is 11.0. The summed E-state index contributed by atoms with van der Waals surface area (Å²) in [6.45, 7) is 0.315. The summed E-state index contributed by atoms with van der Waals surface area (Å²) in [5.74, 6) is -0.0972. The Morgan fingerprint density at radius 3 is 2.35 bits per heavy atom. The fourth-order valence-electron chi connectivity index (χ4n) is 2.55. The number of para-hydroxylation sites is 1. The van der Waals surface area contributed by atoms with E-state index in [4.69, 9.17) is 11.6 Å². The SMILES string of the molecule is O=C1C[C@@H](NS(=O)(=O)c2ccc(Cl)cc2)CN1c1ccccc1. The normalized spacial score (nSPS) is 18.4. The lowest BCUT2D eigenvalue weighted by Crippen LogP contribution is -2.37. The van der Waals surface area contributed by atoms with E-state index >= 15 is 0 Å². The quantitative estimate of drug-likeness (QED) is 0.920. The summed E-state index contributed by atoms with van der Waals surface area (Å²) in [6, 6.07) is 14.7. The fourth-order valence-corrected chi connectivity index (χ4v) is 3.90. The van der Waals surface area contributed by atoms with Gasteiger partial charge in [0.2, 0.25) is 15.9 Å². The lowest BCUT2D eigenvalue weighted by atomic mass is 10.3. The van der Waals surface area contributed by atoms with Gasteiger partial charge in [-0.3, -0.25) is 4.79 Å². The summed E-state index contributed by atoms with van der Waals surface area (Å²) < 4.78 is 27.3. The van der Waals surface area contributed by atoms with Gasteiger partial charge in [0.05, 0.1) is 4.90 Å². The molecular formula is C16H15ClN2O3S. The smallest absolute Gasteiger partial charge is 0.240 e. The summed E-state index contributed by atoms with van der Waals surface area (Å²) in [5, 5.41) is 0.468. The largest absolute Gasteiger partial charge is 0.311 e. The van der Waals surface area contributed by atoms with Crippen LogP contribution in [0.15, 0.2) is 59.5 Å². The van der Waals surface area contributed by atoms with Gasteiger partial charge >= 0.3 is 0 Å². The third kappa shape index (κ3) is 3.55. The number of rotatable bonds is 4. The van der Waals surface area contributed by atoms with Crippen molar-refractivity contribution in [3.63, 3.8) is 0 Å². The van der Waals surface area contributed by atoms with Gasteiger partial charge in [-0.05, 0) is 36.4 Å². The van der Waals surface area contributed by atoms with Crippen LogP contribution in [0.3, 0.4) is 0 Å². The lowest BCUT2D eigenvalue weighted by Gasteiger charge is -2.17. The van der Waals surface area contributed by atoms with E-state index in [9.17, 15) is 13.2 Å². The number of carbonyl (C=O) groups is 1. The second kappa shape index (κ2) is 6.31. The van der Waals surface area contributed by atoms with E-state index in [2.05, 4.69) is 4.72 Å². The Labute approximate surface area is 139 Å². The van der Waals surface area contributed by atoms with Crippen LogP contribution < -0.4 is 9.62 Å². The van der Waals surface area contributed by atoms with Crippen molar-refractivity contribution in [1.29, 1.82) is 0 Å². The van der Waals surface area contributed by atoms with Crippen LogP contribution in [0, 0.1) is 0 Å². The first-order valence-corrected chi connectivity index (χ1v) is 8.95. The molecule has 0 radical (unpaired) electrons. The molecule has 0 aromatic heterocycles. The molecule has 1 aliphatic heterocycles. The zero-order valence-corrected chi connectivity index (χ0v) is 13.7. The molecule has 23 heavy (non-hydrogen) atoms. The molecule has 0 spiro atoms. The Morgan fingerprint density at radius 2 is 1.70 bits per heavy atom. The zero-order valence-electron chi connectivity index (χ0n) is 12.1. The van der Waals surface area contributed by atoms with Crippen molar-refractivity contribution in [2.45, 2.75) is 17.4 Å². The van der Waals surface area contributed by atoms with Gasteiger partial charge in [0.1, 0.15) is 0 Å². The van der Waals surface area contributed by atoms with E-state index in [1.807, 2.05) is 30.3 Å². The minimum absolute atomic E-state index is 0.0972. The van der Waals surface area contributed by atoms with Crippen LogP contribution in [-0.4, -0.2) is 26.9 Å². The van der Waals surface area contributed by atoms with Crippen molar-refractivity contribution >= 4 is 33.2 Å². The maximum Gasteiger partial charge on any atom is 0.240 e. The highest BCUT2D eigenvalue weighted by molar-refractivity contribution is 7.89. The van der Waals surface area contributed by atoms with Gasteiger partial charge < -0.3 is 4.90 Å². The fraction of sp³-hybridized carbons (Fsp3) is 0.188. The molecule has 3 rings (SSSR count). The number of hydrogen-bond donors (Lipinski definition) is 1. The maximum atomic E-state index is 12.4. The van der Waals surface area contributed by atoms with Crippen molar-refractivity contribution in [2.75, 3.05) is 11.4 Å². The Morgan fingerprint density at radius 1 is 1.04 bits per heavy atom. The molecular weight excluding hydrogens is 336 g/mol. The average Bonchev–Trinajstić information content (AvgIpc) is 2.88. The topological polar surface area (TPSA) is 66.5 Å². The van der Waals surface area contributed by atoms with Gasteiger partial charge in [0.15, 0.2) is 0 Å². The highest BCUT2D eigenvalue weighted by Crippen LogP contribution is 2.22. The highest BCUT2D eigenvalue weighted by atomic mass is 35.5. The van der Waals surface area contributed by atoms with E-state index in [-0.39, 0.29) is 17.2 Å². The Hall–Kier alpha value is -1.89. The van der Waals surface area contributed by atoms with Crippen molar-refractivity contribution in [3.8, 4) is 0 Å². The van der Waals surface area contributed by atoms with Crippen molar-refractivity contribution in [1.82, 2.24) is 4.72 Å². The van der Waals surface area contributed by atoms with Gasteiger partial charge in [-0.1, -0.05) is 29.8 Å². The minimum Gasteiger partial charge on any atom is -0.311 e. The molecule has 2 aromatic rings. The van der Waals surface area contributed by atoms with E-state index in [1.165, 1.54) is 24.3 Å². The van der Waals surface area contributed by atoms with Crippen molar-refractivity contribution in [3.05, 3.63) is 59.6 Å². The zero-order chi connectivity index (χ0) is 16.4. The second-order valence-electron chi connectivity index (χ2n) is 5.32. The number of sulfonamides is 1. The van der Waals surface area contributed by atoms with Crippen LogP contribution in [0.5, 0.6) is 0 Å². The second-order valence-corrected chi connectivity index (χ2v) is 7.47. The maximum absolute atomic E-state index is 12.4. The van der Waals surface area contributed by atoms with Crippen molar-refractivity contribution in [2.24, 2.45) is 0 Å². The number of nitrogens with one attached hydrogen (secondary N) is 1. The van der Waals surface area contributed by atoms with E-state index in [0.717, 1.165) is 5.69 Å². The van der Waals surface area contributed by atoms with E-state index in [1.54, 1.807) is 4.90 Å². The molecule has 1 N–H and O–H groups in total. The Kier molecular flexibility index (Phi) is 4.39. The number of nitrogens with zero attached hydrogens (tertiary/aromatic N) is 1. The predicted molar refractivity (Wildman–Crippen MR) is 89.0 cm³/mol. The van der Waals surface area contributed by atoms with Crippen LogP contribution in [-0.2, 0) is 14.8 Å². The van der Waals surface area contributed by atoms with E-state index < -0.39 is 16.1 Å². The molecule has 2 aromatic carbocycles. The van der Waals surface area contributed by atoms with Gasteiger partial charge in [0, 0.05) is 29.7 Å². The van der Waals surface area contributed by atoms with Crippen LogP contribution >= 0.6 is 11.6 Å². The third-order valence-corrected chi connectivity index (χ3v) is 5.43. The first-order valence-electron chi connectivity index (χ1n) is 7.09. The molecule has 1 atom stereocenters. The molecule has 1 amide bonds. The molecule has 120 valence electrons.